The van der Waals surface area contributed by atoms with Crippen molar-refractivity contribution in [1.29, 1.82) is 5.26 Å². The topological polar surface area (TPSA) is 66.5 Å². The van der Waals surface area contributed by atoms with E-state index in [9.17, 15) is 0 Å². The van der Waals surface area contributed by atoms with Crippen LogP contribution in [-0.4, -0.2) is 14.5 Å². The molecule has 0 bridgehead atoms. The van der Waals surface area contributed by atoms with Crippen molar-refractivity contribution in [1.82, 2.24) is 14.5 Å². The zero-order valence-electron chi connectivity index (χ0n) is 8.26. The van der Waals surface area contributed by atoms with Gasteiger partial charge in [0.05, 0.1) is 6.54 Å². The van der Waals surface area contributed by atoms with Gasteiger partial charge < -0.3 is 4.57 Å². The number of imidazole rings is 1. The van der Waals surface area contributed by atoms with Crippen molar-refractivity contribution in [2.45, 2.75) is 6.54 Å². The predicted octanol–water partition coefficient (Wildman–Crippen LogP) is 1.87. The van der Waals surface area contributed by atoms with Crippen molar-refractivity contribution >= 4 is 17.5 Å². The highest BCUT2D eigenvalue weighted by molar-refractivity contribution is 6.29. The lowest BCUT2D eigenvalue weighted by atomic mass is 10.3. The minimum Gasteiger partial charge on any atom is -0.312 e. The lowest BCUT2D eigenvalue weighted by molar-refractivity contribution is 0.804. The molecule has 2 heterocycles. The van der Waals surface area contributed by atoms with Gasteiger partial charge in [0, 0.05) is 18.6 Å². The Kier molecular flexibility index (Phi) is 3.03. The molecule has 2 rings (SSSR count). The van der Waals surface area contributed by atoms with Gasteiger partial charge in [0.15, 0.2) is 6.19 Å². The summed E-state index contributed by atoms with van der Waals surface area (Å²) in [4.78, 5) is 7.98. The van der Waals surface area contributed by atoms with Gasteiger partial charge in [0.25, 0.3) is 0 Å². The zero-order valence-corrected chi connectivity index (χ0v) is 9.02. The number of halogens is 1. The SMILES string of the molecule is N#CNc1nccn1Cc1ccc(Cl)nc1. The Bertz CT molecular complexity index is 511. The monoisotopic (exact) mass is 233 g/mol. The molecule has 6 heteroatoms. The third-order valence-electron chi connectivity index (χ3n) is 2.02. The molecule has 0 fully saturated rings. The quantitative estimate of drug-likeness (QED) is 0.499. The van der Waals surface area contributed by atoms with Gasteiger partial charge in [0.2, 0.25) is 5.95 Å². The van der Waals surface area contributed by atoms with E-state index in [1.165, 1.54) is 0 Å². The Morgan fingerprint density at radius 3 is 3.00 bits per heavy atom. The van der Waals surface area contributed by atoms with Gasteiger partial charge in [-0.3, -0.25) is 5.32 Å². The fraction of sp³-hybridized carbons (Fsp3) is 0.100. The van der Waals surface area contributed by atoms with Crippen molar-refractivity contribution in [3.63, 3.8) is 0 Å². The predicted molar refractivity (Wildman–Crippen MR) is 59.8 cm³/mol. The molecule has 0 aliphatic rings. The molecule has 0 saturated carbocycles. The third kappa shape index (κ3) is 2.30. The Morgan fingerprint density at radius 2 is 2.31 bits per heavy atom. The highest BCUT2D eigenvalue weighted by atomic mass is 35.5. The van der Waals surface area contributed by atoms with Crippen LogP contribution in [0.15, 0.2) is 30.7 Å². The van der Waals surface area contributed by atoms with Crippen LogP contribution in [-0.2, 0) is 6.54 Å². The molecular weight excluding hydrogens is 226 g/mol. The Labute approximate surface area is 97.3 Å². The summed E-state index contributed by atoms with van der Waals surface area (Å²) in [6, 6.07) is 3.61. The maximum atomic E-state index is 8.52. The molecule has 16 heavy (non-hydrogen) atoms. The number of nitriles is 1. The lowest BCUT2D eigenvalue weighted by Crippen LogP contribution is -2.04. The van der Waals surface area contributed by atoms with Crippen LogP contribution in [0.25, 0.3) is 0 Å². The normalized spacial score (nSPS) is 9.75. The first-order valence-electron chi connectivity index (χ1n) is 4.56. The molecule has 80 valence electrons. The summed E-state index contributed by atoms with van der Waals surface area (Å²) in [5.74, 6) is 0.512. The number of pyridine rings is 1. The van der Waals surface area contributed by atoms with E-state index in [-0.39, 0.29) is 0 Å². The molecule has 1 N–H and O–H groups in total. The maximum Gasteiger partial charge on any atom is 0.216 e. The van der Waals surface area contributed by atoms with Crippen molar-refractivity contribution in [3.05, 3.63) is 41.4 Å². The number of rotatable bonds is 3. The number of anilines is 1. The van der Waals surface area contributed by atoms with Crippen LogP contribution in [0.5, 0.6) is 0 Å². The second-order valence-corrected chi connectivity index (χ2v) is 3.49. The fourth-order valence-electron chi connectivity index (χ4n) is 1.31. The third-order valence-corrected chi connectivity index (χ3v) is 2.25. The van der Waals surface area contributed by atoms with Gasteiger partial charge >= 0.3 is 0 Å². The van der Waals surface area contributed by atoms with E-state index >= 15 is 0 Å². The van der Waals surface area contributed by atoms with Crippen molar-refractivity contribution < 1.29 is 0 Å². The zero-order chi connectivity index (χ0) is 11.4. The highest BCUT2D eigenvalue weighted by Crippen LogP contribution is 2.10. The van der Waals surface area contributed by atoms with Gasteiger partial charge in [-0.15, -0.1) is 0 Å². The first-order chi connectivity index (χ1) is 7.79. The molecular formula is C10H8ClN5. The maximum absolute atomic E-state index is 8.52. The fourth-order valence-corrected chi connectivity index (χ4v) is 1.42. The molecule has 0 aliphatic carbocycles. The van der Waals surface area contributed by atoms with Gasteiger partial charge in [-0.25, -0.2) is 9.97 Å². The van der Waals surface area contributed by atoms with E-state index in [0.29, 0.717) is 17.6 Å². The van der Waals surface area contributed by atoms with E-state index in [2.05, 4.69) is 15.3 Å². The molecule has 0 spiro atoms. The van der Waals surface area contributed by atoms with Crippen LogP contribution in [0.3, 0.4) is 0 Å². The first-order valence-corrected chi connectivity index (χ1v) is 4.94. The highest BCUT2D eigenvalue weighted by Gasteiger charge is 2.02. The van der Waals surface area contributed by atoms with Gasteiger partial charge in [-0.2, -0.15) is 5.26 Å². The Morgan fingerprint density at radius 1 is 1.44 bits per heavy atom. The number of aromatic nitrogens is 3. The average Bonchev–Trinajstić information content (AvgIpc) is 2.70. The second kappa shape index (κ2) is 4.64. The standard InChI is InChI=1S/C10H8ClN5/c11-9-2-1-8(5-14-9)6-16-4-3-13-10(16)15-7-12/h1-5H,6H2,(H,13,15). The molecule has 0 unspecified atom stereocenters. The number of nitrogens with one attached hydrogen (secondary N) is 1. The Hall–Kier alpha value is -2.06. The lowest BCUT2D eigenvalue weighted by Gasteiger charge is -2.05. The van der Waals surface area contributed by atoms with Crippen LogP contribution in [0.2, 0.25) is 5.15 Å². The van der Waals surface area contributed by atoms with Crippen LogP contribution in [0.1, 0.15) is 5.56 Å². The first kappa shape index (κ1) is 10.5. The van der Waals surface area contributed by atoms with E-state index in [1.807, 2.05) is 16.8 Å². The van der Waals surface area contributed by atoms with E-state index < -0.39 is 0 Å². The van der Waals surface area contributed by atoms with Crippen LogP contribution in [0.4, 0.5) is 5.95 Å². The molecule has 0 aliphatic heterocycles. The molecule has 5 nitrogen and oxygen atoms in total. The average molecular weight is 234 g/mol. The number of hydrogen-bond acceptors (Lipinski definition) is 4. The summed E-state index contributed by atoms with van der Waals surface area (Å²) in [6.07, 6.45) is 6.94. The van der Waals surface area contributed by atoms with Crippen LogP contribution >= 0.6 is 11.6 Å². The molecule has 2 aromatic heterocycles. The van der Waals surface area contributed by atoms with E-state index in [1.54, 1.807) is 24.7 Å². The van der Waals surface area contributed by atoms with Crippen LogP contribution in [0, 0.1) is 11.5 Å². The van der Waals surface area contributed by atoms with Gasteiger partial charge in [-0.1, -0.05) is 17.7 Å². The Balaban J connectivity index is 2.17. The smallest absolute Gasteiger partial charge is 0.216 e. The van der Waals surface area contributed by atoms with Crippen molar-refractivity contribution in [2.24, 2.45) is 0 Å². The molecule has 0 aromatic carbocycles. The minimum atomic E-state index is 0.463. The largest absolute Gasteiger partial charge is 0.312 e. The summed E-state index contributed by atoms with van der Waals surface area (Å²) in [5, 5.41) is 11.5. The second-order valence-electron chi connectivity index (χ2n) is 3.10. The molecule has 0 amide bonds. The summed E-state index contributed by atoms with van der Waals surface area (Å²) >= 11 is 5.69. The summed E-state index contributed by atoms with van der Waals surface area (Å²) in [5.41, 5.74) is 0.989. The molecule has 0 atom stereocenters. The van der Waals surface area contributed by atoms with E-state index in [0.717, 1.165) is 5.56 Å². The van der Waals surface area contributed by atoms with Gasteiger partial charge in [-0.05, 0) is 11.6 Å². The summed E-state index contributed by atoms with van der Waals surface area (Å²) in [7, 11) is 0. The number of hydrogen-bond donors (Lipinski definition) is 1. The van der Waals surface area contributed by atoms with E-state index in [4.69, 9.17) is 16.9 Å². The summed E-state index contributed by atoms with van der Waals surface area (Å²) < 4.78 is 1.81. The van der Waals surface area contributed by atoms with Crippen LogP contribution < -0.4 is 5.32 Å². The molecule has 0 radical (unpaired) electrons. The van der Waals surface area contributed by atoms with Crippen molar-refractivity contribution in [3.8, 4) is 6.19 Å². The number of nitrogens with zero attached hydrogens (tertiary/aromatic N) is 4. The van der Waals surface area contributed by atoms with Crippen molar-refractivity contribution in [2.75, 3.05) is 5.32 Å². The van der Waals surface area contributed by atoms with Gasteiger partial charge in [0.1, 0.15) is 5.15 Å². The minimum absolute atomic E-state index is 0.463. The molecule has 2 aromatic rings. The molecule has 0 saturated heterocycles. The summed E-state index contributed by atoms with van der Waals surface area (Å²) in [6.45, 7) is 0.591.